The maximum atomic E-state index is 13.0. The normalized spacial score (nSPS) is 20.3. The van der Waals surface area contributed by atoms with Crippen LogP contribution < -0.4 is 0 Å². The van der Waals surface area contributed by atoms with Crippen LogP contribution in [0.25, 0.3) is 0 Å². The molecule has 1 aliphatic heterocycles. The molecule has 1 aliphatic rings. The highest BCUT2D eigenvalue weighted by molar-refractivity contribution is 6.15. The fourth-order valence-electron chi connectivity index (χ4n) is 3.44. The predicted molar refractivity (Wildman–Crippen MR) is 96.8 cm³/mol. The lowest BCUT2D eigenvalue weighted by atomic mass is 9.94. The number of carbonyl (C=O) groups is 2. The van der Waals surface area contributed by atoms with Gasteiger partial charge in [0.1, 0.15) is 0 Å². The molecule has 2 atom stereocenters. The minimum absolute atomic E-state index is 0.0821. The first-order chi connectivity index (χ1) is 12.1. The Kier molecular flexibility index (Phi) is 5.29. The molecule has 1 saturated heterocycles. The lowest BCUT2D eigenvalue weighted by molar-refractivity contribution is 0.00292. The van der Waals surface area contributed by atoms with Crippen molar-refractivity contribution in [2.24, 2.45) is 5.92 Å². The van der Waals surface area contributed by atoms with Crippen LogP contribution in [0.15, 0.2) is 54.6 Å². The number of benzene rings is 2. The van der Waals surface area contributed by atoms with Crippen molar-refractivity contribution in [1.82, 2.24) is 4.90 Å². The van der Waals surface area contributed by atoms with Crippen molar-refractivity contribution in [3.63, 3.8) is 0 Å². The molecule has 0 unspecified atom stereocenters. The van der Waals surface area contributed by atoms with E-state index < -0.39 is 0 Å². The third-order valence-electron chi connectivity index (χ3n) is 4.85. The second kappa shape index (κ2) is 7.62. The second-order valence-electron chi connectivity index (χ2n) is 6.53. The van der Waals surface area contributed by atoms with E-state index in [-0.39, 0.29) is 23.7 Å². The molecule has 0 aliphatic carbocycles. The third-order valence-corrected chi connectivity index (χ3v) is 4.85. The zero-order chi connectivity index (χ0) is 17.8. The van der Waals surface area contributed by atoms with Crippen LogP contribution in [-0.2, 0) is 4.74 Å². The van der Waals surface area contributed by atoms with Crippen molar-refractivity contribution >= 4 is 11.7 Å². The third kappa shape index (κ3) is 3.64. The Morgan fingerprint density at radius 1 is 1.00 bits per heavy atom. The maximum absolute atomic E-state index is 13.0. The molecule has 1 fully saturated rings. The van der Waals surface area contributed by atoms with Gasteiger partial charge in [-0.05, 0) is 18.4 Å². The van der Waals surface area contributed by atoms with Gasteiger partial charge in [-0.15, -0.1) is 0 Å². The number of hydrogen-bond acceptors (Lipinski definition) is 3. The monoisotopic (exact) mass is 337 g/mol. The smallest absolute Gasteiger partial charge is 0.254 e. The molecule has 0 radical (unpaired) electrons. The molecule has 2 aromatic rings. The molecule has 4 nitrogen and oxygen atoms in total. The van der Waals surface area contributed by atoms with E-state index in [0.717, 1.165) is 6.42 Å². The summed E-state index contributed by atoms with van der Waals surface area (Å²) in [5.74, 6) is 0.0744. The lowest BCUT2D eigenvalue weighted by Crippen LogP contribution is -2.45. The summed E-state index contributed by atoms with van der Waals surface area (Å²) in [7, 11) is 1.71. The number of ketones is 1. The number of ether oxygens (including phenoxy) is 1. The highest BCUT2D eigenvalue weighted by atomic mass is 16.5. The Morgan fingerprint density at radius 2 is 1.64 bits per heavy atom. The molecule has 25 heavy (non-hydrogen) atoms. The zero-order valence-electron chi connectivity index (χ0n) is 14.6. The van der Waals surface area contributed by atoms with Gasteiger partial charge >= 0.3 is 0 Å². The van der Waals surface area contributed by atoms with Crippen molar-refractivity contribution in [2.45, 2.75) is 19.4 Å². The molecule has 2 aromatic carbocycles. The summed E-state index contributed by atoms with van der Waals surface area (Å²) in [6.07, 6.45) is 1.00. The van der Waals surface area contributed by atoms with Crippen LogP contribution in [0, 0.1) is 5.92 Å². The van der Waals surface area contributed by atoms with Crippen LogP contribution in [-0.4, -0.2) is 42.9 Å². The van der Waals surface area contributed by atoms with E-state index in [9.17, 15) is 9.59 Å². The number of carbonyl (C=O) groups excluding carboxylic acids is 2. The van der Waals surface area contributed by atoms with Gasteiger partial charge in [0.05, 0.1) is 11.7 Å². The first kappa shape index (κ1) is 17.4. The Labute approximate surface area is 148 Å². The van der Waals surface area contributed by atoms with Gasteiger partial charge in [0.2, 0.25) is 0 Å². The number of likely N-dealkylation sites (tertiary alicyclic amines) is 1. The van der Waals surface area contributed by atoms with E-state index in [2.05, 4.69) is 6.92 Å². The molecule has 130 valence electrons. The fourth-order valence-corrected chi connectivity index (χ4v) is 3.44. The minimum Gasteiger partial charge on any atom is -0.381 e. The second-order valence-corrected chi connectivity index (χ2v) is 6.53. The number of amides is 1. The van der Waals surface area contributed by atoms with Crippen LogP contribution in [0.3, 0.4) is 0 Å². The van der Waals surface area contributed by atoms with Crippen molar-refractivity contribution < 1.29 is 14.3 Å². The highest BCUT2D eigenvalue weighted by Gasteiger charge is 2.30. The van der Waals surface area contributed by atoms with Crippen LogP contribution >= 0.6 is 0 Å². The van der Waals surface area contributed by atoms with Gasteiger partial charge in [-0.3, -0.25) is 9.59 Å². The molecule has 0 spiro atoms. The van der Waals surface area contributed by atoms with Crippen LogP contribution in [0.5, 0.6) is 0 Å². The summed E-state index contributed by atoms with van der Waals surface area (Å²) in [5.41, 5.74) is 1.52. The largest absolute Gasteiger partial charge is 0.381 e. The average Bonchev–Trinajstić information content (AvgIpc) is 2.67. The topological polar surface area (TPSA) is 46.6 Å². The first-order valence-electron chi connectivity index (χ1n) is 8.62. The van der Waals surface area contributed by atoms with Crippen molar-refractivity contribution in [3.8, 4) is 0 Å². The molecular formula is C21H23NO3. The molecule has 1 heterocycles. The molecule has 0 saturated carbocycles. The number of methoxy groups -OCH3 is 1. The molecule has 3 rings (SSSR count). The van der Waals surface area contributed by atoms with Crippen LogP contribution in [0.4, 0.5) is 0 Å². The SMILES string of the molecule is CO[C@@H]1CCN(C(=O)c2ccccc2C(=O)c2ccccc2)C[C@@H]1C. The van der Waals surface area contributed by atoms with E-state index >= 15 is 0 Å². The standard InChI is InChI=1S/C21H23NO3/c1-15-14-22(13-12-19(15)25-2)21(24)18-11-7-6-10-17(18)20(23)16-8-4-3-5-9-16/h3-11,15,19H,12-14H2,1-2H3/t15-,19+/m0/s1. The lowest BCUT2D eigenvalue weighted by Gasteiger charge is -2.36. The Morgan fingerprint density at radius 3 is 2.28 bits per heavy atom. The van der Waals surface area contributed by atoms with Gasteiger partial charge in [0, 0.05) is 31.3 Å². The van der Waals surface area contributed by atoms with Crippen molar-refractivity contribution in [1.29, 1.82) is 0 Å². The van der Waals surface area contributed by atoms with E-state index in [1.807, 2.05) is 23.1 Å². The van der Waals surface area contributed by atoms with E-state index in [1.165, 1.54) is 0 Å². The molecule has 1 amide bonds. The number of piperidine rings is 1. The van der Waals surface area contributed by atoms with Crippen LogP contribution in [0.1, 0.15) is 39.6 Å². The Hall–Kier alpha value is -2.46. The van der Waals surface area contributed by atoms with Gasteiger partial charge in [-0.25, -0.2) is 0 Å². The van der Waals surface area contributed by atoms with E-state index in [4.69, 9.17) is 4.74 Å². The van der Waals surface area contributed by atoms with E-state index in [0.29, 0.717) is 29.8 Å². The molecule has 0 N–H and O–H groups in total. The van der Waals surface area contributed by atoms with Crippen molar-refractivity contribution in [2.75, 3.05) is 20.2 Å². The predicted octanol–water partition coefficient (Wildman–Crippen LogP) is 3.41. The van der Waals surface area contributed by atoms with Gasteiger partial charge in [0.25, 0.3) is 5.91 Å². The number of hydrogen-bond donors (Lipinski definition) is 0. The van der Waals surface area contributed by atoms with Gasteiger partial charge in [0.15, 0.2) is 5.78 Å². The van der Waals surface area contributed by atoms with Gasteiger partial charge in [-0.1, -0.05) is 55.5 Å². The first-order valence-corrected chi connectivity index (χ1v) is 8.62. The molecule has 0 bridgehead atoms. The Balaban J connectivity index is 1.86. The van der Waals surface area contributed by atoms with Gasteiger partial charge in [-0.2, -0.15) is 0 Å². The summed E-state index contributed by atoms with van der Waals surface area (Å²) in [4.78, 5) is 27.7. The van der Waals surface area contributed by atoms with Gasteiger partial charge < -0.3 is 9.64 Å². The number of nitrogens with zero attached hydrogens (tertiary/aromatic N) is 1. The summed E-state index contributed by atoms with van der Waals surface area (Å²) < 4.78 is 5.46. The zero-order valence-corrected chi connectivity index (χ0v) is 14.6. The molecular weight excluding hydrogens is 314 g/mol. The summed E-state index contributed by atoms with van der Waals surface area (Å²) >= 11 is 0. The quantitative estimate of drug-likeness (QED) is 0.803. The highest BCUT2D eigenvalue weighted by Crippen LogP contribution is 2.23. The van der Waals surface area contributed by atoms with Crippen molar-refractivity contribution in [3.05, 3.63) is 71.3 Å². The minimum atomic E-state index is -0.121. The number of rotatable bonds is 4. The summed E-state index contributed by atoms with van der Waals surface area (Å²) in [6.45, 7) is 3.38. The Bertz CT molecular complexity index is 757. The summed E-state index contributed by atoms with van der Waals surface area (Å²) in [5, 5.41) is 0. The molecule has 0 aromatic heterocycles. The average molecular weight is 337 g/mol. The summed E-state index contributed by atoms with van der Waals surface area (Å²) in [6, 6.07) is 16.1. The maximum Gasteiger partial charge on any atom is 0.254 e. The fraction of sp³-hybridized carbons (Fsp3) is 0.333. The van der Waals surface area contributed by atoms with E-state index in [1.54, 1.807) is 43.5 Å². The van der Waals surface area contributed by atoms with Crippen LogP contribution in [0.2, 0.25) is 0 Å². The molecule has 4 heteroatoms.